The molecule has 1 saturated heterocycles. The second kappa shape index (κ2) is 5.28. The van der Waals surface area contributed by atoms with Crippen LogP contribution in [0.25, 0.3) is 0 Å². The second-order valence-corrected chi connectivity index (χ2v) is 4.42. The van der Waals surface area contributed by atoms with Crippen LogP contribution in [0.5, 0.6) is 0 Å². The van der Waals surface area contributed by atoms with Crippen molar-refractivity contribution in [1.82, 2.24) is 14.9 Å². The van der Waals surface area contributed by atoms with E-state index in [1.807, 2.05) is 0 Å². The van der Waals surface area contributed by atoms with Gasteiger partial charge in [0.1, 0.15) is 11.7 Å². The maximum absolute atomic E-state index is 11.8. The molecular weight excluding hydrogens is 282 g/mol. The van der Waals surface area contributed by atoms with Gasteiger partial charge in [0.25, 0.3) is 5.91 Å². The van der Waals surface area contributed by atoms with Crippen molar-refractivity contribution in [3.8, 4) is 0 Å². The Bertz CT molecular complexity index is 632. The highest BCUT2D eigenvalue weighted by Gasteiger charge is 2.37. The zero-order valence-corrected chi connectivity index (χ0v) is 11.3. The summed E-state index contributed by atoms with van der Waals surface area (Å²) in [4.78, 5) is 42.3. The number of nitrogens with zero attached hydrogens (tertiary/aromatic N) is 4. The van der Waals surface area contributed by atoms with Gasteiger partial charge in [0, 0.05) is 7.05 Å². The van der Waals surface area contributed by atoms with Crippen LogP contribution >= 0.6 is 0 Å². The summed E-state index contributed by atoms with van der Waals surface area (Å²) in [7, 11) is 1.35. The maximum atomic E-state index is 11.8. The normalized spacial score (nSPS) is 18.0. The van der Waals surface area contributed by atoms with E-state index in [-0.39, 0.29) is 35.5 Å². The van der Waals surface area contributed by atoms with Crippen LogP contribution < -0.4 is 16.6 Å². The summed E-state index contributed by atoms with van der Waals surface area (Å²) < 4.78 is 0. The van der Waals surface area contributed by atoms with Crippen LogP contribution in [0.15, 0.2) is 0 Å². The summed E-state index contributed by atoms with van der Waals surface area (Å²) in [6, 6.07) is -0.902. The molecule has 11 nitrogen and oxygen atoms in total. The van der Waals surface area contributed by atoms with Crippen LogP contribution in [0.2, 0.25) is 0 Å². The molecule has 2 rings (SSSR count). The minimum atomic E-state index is -0.902. The van der Waals surface area contributed by atoms with Crippen molar-refractivity contribution in [1.29, 1.82) is 0 Å². The average Bonchev–Trinajstić information content (AvgIpc) is 2.65. The fourth-order valence-electron chi connectivity index (χ4n) is 1.98. The largest absolute Gasteiger partial charge is 0.352 e. The van der Waals surface area contributed by atoms with Gasteiger partial charge in [0.2, 0.25) is 17.7 Å². The van der Waals surface area contributed by atoms with E-state index in [9.17, 15) is 19.7 Å². The van der Waals surface area contributed by atoms with E-state index in [4.69, 9.17) is 5.84 Å². The molecule has 2 amide bonds. The SMILES string of the molecule is Cc1nc(NN)nc(NC2CC(=O)N(C)C2=O)c1[N+](=O)[O-]. The van der Waals surface area contributed by atoms with Crippen molar-refractivity contribution in [2.24, 2.45) is 5.84 Å². The zero-order chi connectivity index (χ0) is 15.7. The number of nitrogens with one attached hydrogen (secondary N) is 2. The van der Waals surface area contributed by atoms with Crippen LogP contribution in [-0.4, -0.2) is 44.7 Å². The van der Waals surface area contributed by atoms with Crippen LogP contribution in [0.1, 0.15) is 12.1 Å². The summed E-state index contributed by atoms with van der Waals surface area (Å²) in [5, 5.41) is 13.7. The number of aromatic nitrogens is 2. The predicted molar refractivity (Wildman–Crippen MR) is 71.0 cm³/mol. The van der Waals surface area contributed by atoms with Gasteiger partial charge in [-0.15, -0.1) is 0 Å². The quantitative estimate of drug-likeness (QED) is 0.278. The number of amides is 2. The van der Waals surface area contributed by atoms with Gasteiger partial charge in [0.15, 0.2) is 0 Å². The number of nitro groups is 1. The van der Waals surface area contributed by atoms with Crippen LogP contribution in [0.3, 0.4) is 0 Å². The highest BCUT2D eigenvalue weighted by atomic mass is 16.6. The number of carbonyl (C=O) groups is 2. The lowest BCUT2D eigenvalue weighted by atomic mass is 10.2. The third kappa shape index (κ3) is 2.58. The number of likely N-dealkylation sites (N-methyl/N-ethyl adjacent to an activating group) is 1. The highest BCUT2D eigenvalue weighted by molar-refractivity contribution is 6.06. The fraction of sp³-hybridized carbons (Fsp3) is 0.400. The summed E-state index contributed by atoms with van der Waals surface area (Å²) in [5.74, 6) is 4.14. The first-order chi connectivity index (χ1) is 9.85. The van der Waals surface area contributed by atoms with Gasteiger partial charge < -0.3 is 5.32 Å². The van der Waals surface area contributed by atoms with Crippen molar-refractivity contribution >= 4 is 29.3 Å². The van der Waals surface area contributed by atoms with Crippen LogP contribution in [-0.2, 0) is 9.59 Å². The Morgan fingerprint density at radius 1 is 1.43 bits per heavy atom. The number of imide groups is 1. The molecule has 0 saturated carbocycles. The molecule has 21 heavy (non-hydrogen) atoms. The standard InChI is InChI=1S/C10H13N7O4/c1-4-7(17(20)21)8(14-10(12-4)15-11)13-5-3-6(18)16(2)9(5)19/h5H,3,11H2,1-2H3,(H2,12,13,14,15). The van der Waals surface area contributed by atoms with Gasteiger partial charge in [-0.05, 0) is 6.92 Å². The van der Waals surface area contributed by atoms with E-state index in [1.54, 1.807) is 0 Å². The molecule has 11 heteroatoms. The molecular formula is C10H13N7O4. The molecule has 1 aromatic rings. The highest BCUT2D eigenvalue weighted by Crippen LogP contribution is 2.28. The van der Waals surface area contributed by atoms with E-state index < -0.39 is 16.9 Å². The summed E-state index contributed by atoms with van der Waals surface area (Å²) in [6.45, 7) is 1.42. The third-order valence-corrected chi connectivity index (χ3v) is 3.06. The maximum Gasteiger partial charge on any atom is 0.332 e. The van der Waals surface area contributed by atoms with Crippen molar-refractivity contribution in [2.75, 3.05) is 17.8 Å². The number of rotatable bonds is 4. The molecule has 0 aromatic carbocycles. The zero-order valence-electron chi connectivity index (χ0n) is 11.3. The molecule has 112 valence electrons. The summed E-state index contributed by atoms with van der Waals surface area (Å²) in [5.41, 5.74) is 1.89. The van der Waals surface area contributed by atoms with E-state index in [2.05, 4.69) is 20.7 Å². The molecule has 1 aliphatic rings. The van der Waals surface area contributed by atoms with Crippen molar-refractivity contribution < 1.29 is 14.5 Å². The summed E-state index contributed by atoms with van der Waals surface area (Å²) in [6.07, 6.45) is -0.0963. The van der Waals surface area contributed by atoms with Gasteiger partial charge >= 0.3 is 5.69 Å². The number of nitrogens with two attached hydrogens (primary N) is 1. The number of aryl methyl sites for hydroxylation is 1. The van der Waals surface area contributed by atoms with Gasteiger partial charge in [-0.25, -0.2) is 10.8 Å². The van der Waals surface area contributed by atoms with E-state index in [0.717, 1.165) is 4.90 Å². The Kier molecular flexibility index (Phi) is 3.67. The molecule has 1 aromatic heterocycles. The smallest absolute Gasteiger partial charge is 0.332 e. The molecule has 0 aliphatic carbocycles. The number of likely N-dealkylation sites (tertiary alicyclic amines) is 1. The minimum absolute atomic E-state index is 0.0364. The van der Waals surface area contributed by atoms with Gasteiger partial charge in [-0.1, -0.05) is 0 Å². The Labute approximate surface area is 118 Å². The molecule has 0 spiro atoms. The molecule has 1 unspecified atom stereocenters. The molecule has 2 heterocycles. The van der Waals surface area contributed by atoms with Crippen molar-refractivity contribution in [3.63, 3.8) is 0 Å². The topological polar surface area (TPSA) is 156 Å². The Hall–Kier alpha value is -2.82. The van der Waals surface area contributed by atoms with Crippen LogP contribution in [0, 0.1) is 17.0 Å². The van der Waals surface area contributed by atoms with E-state index >= 15 is 0 Å². The number of nitrogen functional groups attached to an aromatic ring is 1. The number of anilines is 2. The van der Waals surface area contributed by atoms with E-state index in [0.29, 0.717) is 0 Å². The second-order valence-electron chi connectivity index (χ2n) is 4.42. The molecule has 0 bridgehead atoms. The number of hydrogen-bond acceptors (Lipinski definition) is 9. The fourth-order valence-corrected chi connectivity index (χ4v) is 1.98. The Morgan fingerprint density at radius 3 is 2.57 bits per heavy atom. The van der Waals surface area contributed by atoms with Crippen LogP contribution in [0.4, 0.5) is 17.5 Å². The number of hydrazine groups is 1. The lowest BCUT2D eigenvalue weighted by Crippen LogP contribution is -2.32. The van der Waals surface area contributed by atoms with E-state index in [1.165, 1.54) is 14.0 Å². The van der Waals surface area contributed by atoms with Crippen molar-refractivity contribution in [2.45, 2.75) is 19.4 Å². The molecule has 1 atom stereocenters. The molecule has 1 aliphatic heterocycles. The lowest BCUT2D eigenvalue weighted by Gasteiger charge is -2.13. The molecule has 1 fully saturated rings. The minimum Gasteiger partial charge on any atom is -0.352 e. The first-order valence-corrected chi connectivity index (χ1v) is 5.91. The van der Waals surface area contributed by atoms with Gasteiger partial charge in [-0.2, -0.15) is 4.98 Å². The Morgan fingerprint density at radius 2 is 2.10 bits per heavy atom. The van der Waals surface area contributed by atoms with Crippen molar-refractivity contribution in [3.05, 3.63) is 15.8 Å². The Balaban J connectivity index is 2.39. The molecule has 4 N–H and O–H groups in total. The monoisotopic (exact) mass is 295 g/mol. The first kappa shape index (κ1) is 14.6. The first-order valence-electron chi connectivity index (χ1n) is 5.91. The number of hydrogen-bond donors (Lipinski definition) is 3. The molecule has 0 radical (unpaired) electrons. The number of carbonyl (C=O) groups excluding carboxylic acids is 2. The third-order valence-electron chi connectivity index (χ3n) is 3.06. The van der Waals surface area contributed by atoms with Gasteiger partial charge in [0.05, 0.1) is 11.3 Å². The lowest BCUT2D eigenvalue weighted by molar-refractivity contribution is -0.385. The average molecular weight is 295 g/mol. The summed E-state index contributed by atoms with van der Waals surface area (Å²) >= 11 is 0. The predicted octanol–water partition coefficient (Wildman–Crippen LogP) is -0.852. The van der Waals surface area contributed by atoms with Gasteiger partial charge in [-0.3, -0.25) is 30.0 Å².